The van der Waals surface area contributed by atoms with Gasteiger partial charge in [-0.3, -0.25) is 0 Å². The van der Waals surface area contributed by atoms with Crippen molar-refractivity contribution in [1.82, 2.24) is 4.98 Å². The molecule has 3 nitrogen and oxygen atoms in total. The summed E-state index contributed by atoms with van der Waals surface area (Å²) in [5, 5.41) is 3.22. The zero-order chi connectivity index (χ0) is 9.52. The number of ether oxygens (including phenoxy) is 1. The highest BCUT2D eigenvalue weighted by molar-refractivity contribution is 6.17. The van der Waals surface area contributed by atoms with Crippen molar-refractivity contribution >= 4 is 17.3 Å². The van der Waals surface area contributed by atoms with Gasteiger partial charge in [0.25, 0.3) is 0 Å². The highest BCUT2D eigenvalue weighted by Gasteiger charge is 1.94. The van der Waals surface area contributed by atoms with Crippen LogP contribution in [0.5, 0.6) is 5.88 Å². The van der Waals surface area contributed by atoms with Crippen molar-refractivity contribution < 1.29 is 4.74 Å². The predicted molar refractivity (Wildman–Crippen MR) is 54.6 cm³/mol. The Hall–Kier alpha value is -0.960. The van der Waals surface area contributed by atoms with E-state index >= 15 is 0 Å². The van der Waals surface area contributed by atoms with Crippen LogP contribution in [-0.2, 0) is 0 Å². The number of methoxy groups -OCH3 is 1. The van der Waals surface area contributed by atoms with Gasteiger partial charge in [-0.05, 0) is 12.5 Å². The van der Waals surface area contributed by atoms with E-state index in [9.17, 15) is 0 Å². The molecule has 1 aromatic rings. The van der Waals surface area contributed by atoms with Crippen LogP contribution >= 0.6 is 11.6 Å². The smallest absolute Gasteiger partial charge is 0.214 e. The summed E-state index contributed by atoms with van der Waals surface area (Å²) >= 11 is 5.55. The third kappa shape index (κ3) is 3.51. The van der Waals surface area contributed by atoms with Gasteiger partial charge in [0.1, 0.15) is 0 Å². The summed E-state index contributed by atoms with van der Waals surface area (Å²) in [6, 6.07) is 3.75. The summed E-state index contributed by atoms with van der Waals surface area (Å²) in [7, 11) is 1.60. The van der Waals surface area contributed by atoms with Crippen molar-refractivity contribution in [3.05, 3.63) is 18.3 Å². The Morgan fingerprint density at radius 3 is 3.15 bits per heavy atom. The minimum Gasteiger partial charge on any atom is -0.481 e. The zero-order valence-electron chi connectivity index (χ0n) is 7.59. The number of pyridine rings is 1. The highest BCUT2D eigenvalue weighted by atomic mass is 35.5. The van der Waals surface area contributed by atoms with Crippen molar-refractivity contribution in [2.75, 3.05) is 24.9 Å². The molecule has 0 bridgehead atoms. The van der Waals surface area contributed by atoms with Crippen LogP contribution in [-0.4, -0.2) is 24.5 Å². The maximum absolute atomic E-state index is 5.55. The number of nitrogens with one attached hydrogen (secondary N) is 1. The summed E-state index contributed by atoms with van der Waals surface area (Å²) in [6.07, 6.45) is 2.66. The summed E-state index contributed by atoms with van der Waals surface area (Å²) in [6.45, 7) is 0.872. The van der Waals surface area contributed by atoms with E-state index in [1.807, 2.05) is 12.1 Å². The zero-order valence-corrected chi connectivity index (χ0v) is 8.34. The molecule has 1 aromatic heterocycles. The van der Waals surface area contributed by atoms with Crippen LogP contribution in [0.25, 0.3) is 0 Å². The third-order valence-corrected chi connectivity index (χ3v) is 1.85. The van der Waals surface area contributed by atoms with E-state index in [0.29, 0.717) is 11.8 Å². The number of hydrogen-bond donors (Lipinski definition) is 1. The van der Waals surface area contributed by atoms with Crippen LogP contribution in [0.15, 0.2) is 18.3 Å². The lowest BCUT2D eigenvalue weighted by Crippen LogP contribution is -2.02. The van der Waals surface area contributed by atoms with Gasteiger partial charge in [0, 0.05) is 30.4 Å². The molecule has 0 aliphatic heterocycles. The van der Waals surface area contributed by atoms with Crippen LogP contribution in [0.2, 0.25) is 0 Å². The second-order valence-corrected chi connectivity index (χ2v) is 2.93. The fourth-order valence-electron chi connectivity index (χ4n) is 0.931. The Labute approximate surface area is 83.1 Å². The fourth-order valence-corrected chi connectivity index (χ4v) is 1.06. The van der Waals surface area contributed by atoms with Crippen LogP contribution in [0, 0.1) is 0 Å². The average molecular weight is 201 g/mol. The number of aromatic nitrogens is 1. The number of nitrogens with zero attached hydrogens (tertiary/aromatic N) is 1. The van der Waals surface area contributed by atoms with Crippen molar-refractivity contribution in [3.8, 4) is 5.88 Å². The van der Waals surface area contributed by atoms with Gasteiger partial charge in [0.15, 0.2) is 0 Å². The molecule has 0 radical (unpaired) electrons. The van der Waals surface area contributed by atoms with Gasteiger partial charge in [-0.1, -0.05) is 0 Å². The molecular weight excluding hydrogens is 188 g/mol. The molecule has 0 unspecified atom stereocenters. The van der Waals surface area contributed by atoms with Gasteiger partial charge in [-0.2, -0.15) is 0 Å². The number of rotatable bonds is 5. The van der Waals surface area contributed by atoms with Gasteiger partial charge in [0.2, 0.25) is 5.88 Å². The Bertz CT molecular complexity index is 255. The van der Waals surface area contributed by atoms with Gasteiger partial charge in [-0.25, -0.2) is 4.98 Å². The second-order valence-electron chi connectivity index (χ2n) is 2.56. The van der Waals surface area contributed by atoms with Crippen LogP contribution in [0.4, 0.5) is 5.69 Å². The van der Waals surface area contributed by atoms with Crippen LogP contribution in [0.3, 0.4) is 0 Å². The van der Waals surface area contributed by atoms with Gasteiger partial charge < -0.3 is 10.1 Å². The molecule has 0 saturated carbocycles. The van der Waals surface area contributed by atoms with E-state index in [1.54, 1.807) is 13.3 Å². The first kappa shape index (κ1) is 10.1. The van der Waals surface area contributed by atoms with Gasteiger partial charge in [0.05, 0.1) is 7.11 Å². The minimum absolute atomic E-state index is 0.621. The van der Waals surface area contributed by atoms with E-state index in [1.165, 1.54) is 0 Å². The van der Waals surface area contributed by atoms with Gasteiger partial charge >= 0.3 is 0 Å². The lowest BCUT2D eigenvalue weighted by molar-refractivity contribution is 0.398. The van der Waals surface area contributed by atoms with E-state index in [4.69, 9.17) is 16.3 Å². The molecule has 0 amide bonds. The van der Waals surface area contributed by atoms with Gasteiger partial charge in [-0.15, -0.1) is 11.6 Å². The SMILES string of the molecule is COc1cc(NCCCCl)ccn1. The molecule has 1 heterocycles. The first-order chi connectivity index (χ1) is 6.36. The predicted octanol–water partition coefficient (Wildman–Crippen LogP) is 2.13. The van der Waals surface area contributed by atoms with E-state index in [2.05, 4.69) is 10.3 Å². The lowest BCUT2D eigenvalue weighted by Gasteiger charge is -2.05. The average Bonchev–Trinajstić information content (AvgIpc) is 2.19. The summed E-state index contributed by atoms with van der Waals surface area (Å²) in [5.41, 5.74) is 1.01. The van der Waals surface area contributed by atoms with Crippen molar-refractivity contribution in [1.29, 1.82) is 0 Å². The lowest BCUT2D eigenvalue weighted by atomic mass is 10.4. The summed E-state index contributed by atoms with van der Waals surface area (Å²) < 4.78 is 4.98. The summed E-state index contributed by atoms with van der Waals surface area (Å²) in [5.74, 6) is 1.30. The minimum atomic E-state index is 0.621. The monoisotopic (exact) mass is 200 g/mol. The molecule has 0 aliphatic rings. The molecule has 0 spiro atoms. The molecule has 13 heavy (non-hydrogen) atoms. The Morgan fingerprint density at radius 2 is 2.46 bits per heavy atom. The Morgan fingerprint density at radius 1 is 1.62 bits per heavy atom. The van der Waals surface area contributed by atoms with Crippen LogP contribution < -0.4 is 10.1 Å². The number of hydrogen-bond acceptors (Lipinski definition) is 3. The molecule has 1 rings (SSSR count). The topological polar surface area (TPSA) is 34.1 Å². The molecule has 0 aliphatic carbocycles. The Balaban J connectivity index is 2.46. The van der Waals surface area contributed by atoms with Crippen LogP contribution in [0.1, 0.15) is 6.42 Å². The van der Waals surface area contributed by atoms with E-state index < -0.39 is 0 Å². The normalized spacial score (nSPS) is 9.69. The van der Waals surface area contributed by atoms with Crippen molar-refractivity contribution in [2.45, 2.75) is 6.42 Å². The molecule has 1 N–H and O–H groups in total. The molecule has 4 heteroatoms. The Kier molecular flexibility index (Phi) is 4.40. The van der Waals surface area contributed by atoms with Crippen molar-refractivity contribution in [2.24, 2.45) is 0 Å². The first-order valence-corrected chi connectivity index (χ1v) is 4.70. The third-order valence-electron chi connectivity index (χ3n) is 1.58. The van der Waals surface area contributed by atoms with Crippen molar-refractivity contribution in [3.63, 3.8) is 0 Å². The molecular formula is C9H13ClN2O. The number of alkyl halides is 1. The standard InChI is InChI=1S/C9H13ClN2O/c1-13-9-7-8(3-6-12-9)11-5-2-4-10/h3,6-7H,2,4-5H2,1H3,(H,11,12). The molecule has 0 saturated heterocycles. The molecule has 0 fully saturated rings. The first-order valence-electron chi connectivity index (χ1n) is 4.16. The quantitative estimate of drug-likeness (QED) is 0.584. The largest absolute Gasteiger partial charge is 0.481 e. The van der Waals surface area contributed by atoms with E-state index in [0.717, 1.165) is 18.7 Å². The maximum Gasteiger partial charge on any atom is 0.214 e. The molecule has 0 atom stereocenters. The highest BCUT2D eigenvalue weighted by Crippen LogP contribution is 2.12. The fraction of sp³-hybridized carbons (Fsp3) is 0.444. The molecule has 0 aromatic carbocycles. The summed E-state index contributed by atoms with van der Waals surface area (Å²) in [4.78, 5) is 4.00. The number of anilines is 1. The second kappa shape index (κ2) is 5.65. The van der Waals surface area contributed by atoms with E-state index in [-0.39, 0.29) is 0 Å². The number of halogens is 1. The maximum atomic E-state index is 5.55. The molecule has 72 valence electrons.